The van der Waals surface area contributed by atoms with Crippen molar-refractivity contribution in [3.8, 4) is 0 Å². The number of β-amino-alcohol motifs (C(OH)–C–C–N with tert-alkyl or cyclic N) is 1. The van der Waals surface area contributed by atoms with E-state index in [4.69, 9.17) is 4.74 Å². The Labute approximate surface area is 102 Å². The van der Waals surface area contributed by atoms with Crippen LogP contribution in [-0.4, -0.2) is 50.0 Å². The van der Waals surface area contributed by atoms with E-state index in [9.17, 15) is 9.90 Å². The summed E-state index contributed by atoms with van der Waals surface area (Å²) in [5, 5.41) is 15.5. The van der Waals surface area contributed by atoms with Crippen LogP contribution in [0.5, 0.6) is 0 Å². The summed E-state index contributed by atoms with van der Waals surface area (Å²) in [6.07, 6.45) is 2.64. The highest BCUT2D eigenvalue weighted by molar-refractivity contribution is 5.75. The molecule has 1 heterocycles. The van der Waals surface area contributed by atoms with Gasteiger partial charge in [-0.05, 0) is 18.8 Å². The zero-order valence-electron chi connectivity index (χ0n) is 10.2. The van der Waals surface area contributed by atoms with E-state index in [0.29, 0.717) is 26.1 Å². The zero-order valence-corrected chi connectivity index (χ0v) is 10.2. The first-order valence-electron chi connectivity index (χ1n) is 6.49. The summed E-state index contributed by atoms with van der Waals surface area (Å²) in [5.41, 5.74) is 0. The van der Waals surface area contributed by atoms with Gasteiger partial charge in [0, 0.05) is 38.6 Å². The maximum Gasteiger partial charge on any atom is 0.222 e. The van der Waals surface area contributed by atoms with Crippen LogP contribution in [0.1, 0.15) is 19.3 Å². The number of nitrogens with one attached hydrogen (secondary N) is 2. The first-order chi connectivity index (χ1) is 8.25. The van der Waals surface area contributed by atoms with E-state index in [0.717, 1.165) is 19.1 Å². The average molecular weight is 242 g/mol. The summed E-state index contributed by atoms with van der Waals surface area (Å²) in [5.74, 6) is 0.906. The standard InChI is InChI=1S/C12H22N2O3/c15-11-7-13-5-10(11)6-14-12(16)3-4-17-8-9-1-2-9/h9-11,13,15H,1-8H2,(H,14,16). The lowest BCUT2D eigenvalue weighted by Gasteiger charge is -2.14. The molecule has 1 aliphatic carbocycles. The lowest BCUT2D eigenvalue weighted by Crippen LogP contribution is -2.34. The Balaban J connectivity index is 1.48. The summed E-state index contributed by atoms with van der Waals surface area (Å²) in [6, 6.07) is 0. The molecule has 5 heteroatoms. The summed E-state index contributed by atoms with van der Waals surface area (Å²) < 4.78 is 5.40. The number of carbonyl (C=O) groups excluding carboxylic acids is 1. The quantitative estimate of drug-likeness (QED) is 0.526. The smallest absolute Gasteiger partial charge is 0.222 e. The van der Waals surface area contributed by atoms with Gasteiger partial charge in [0.15, 0.2) is 0 Å². The molecule has 0 spiro atoms. The van der Waals surface area contributed by atoms with Crippen LogP contribution in [0.3, 0.4) is 0 Å². The lowest BCUT2D eigenvalue weighted by molar-refractivity contribution is -0.122. The van der Waals surface area contributed by atoms with Crippen molar-refractivity contribution in [3.63, 3.8) is 0 Å². The number of aliphatic hydroxyl groups is 1. The molecule has 2 atom stereocenters. The predicted octanol–water partition coefficient (Wildman–Crippen LogP) is -0.500. The Kier molecular flexibility index (Phi) is 4.76. The highest BCUT2D eigenvalue weighted by atomic mass is 16.5. The van der Waals surface area contributed by atoms with Crippen LogP contribution in [0.2, 0.25) is 0 Å². The molecule has 0 aromatic rings. The van der Waals surface area contributed by atoms with Crippen LogP contribution in [0.4, 0.5) is 0 Å². The van der Waals surface area contributed by atoms with Crippen molar-refractivity contribution < 1.29 is 14.6 Å². The molecule has 3 N–H and O–H groups in total. The van der Waals surface area contributed by atoms with Gasteiger partial charge in [-0.1, -0.05) is 0 Å². The molecule has 2 aliphatic rings. The van der Waals surface area contributed by atoms with Crippen molar-refractivity contribution in [2.75, 3.05) is 32.8 Å². The highest BCUT2D eigenvalue weighted by Crippen LogP contribution is 2.28. The lowest BCUT2D eigenvalue weighted by atomic mass is 10.1. The molecule has 0 aromatic carbocycles. The monoisotopic (exact) mass is 242 g/mol. The molecule has 0 radical (unpaired) electrons. The third-order valence-corrected chi connectivity index (χ3v) is 3.39. The minimum absolute atomic E-state index is 0.0138. The second-order valence-corrected chi connectivity index (χ2v) is 5.06. The summed E-state index contributed by atoms with van der Waals surface area (Å²) in [4.78, 5) is 11.5. The zero-order chi connectivity index (χ0) is 12.1. The Bertz CT molecular complexity index is 256. The van der Waals surface area contributed by atoms with Crippen LogP contribution < -0.4 is 10.6 Å². The van der Waals surface area contributed by atoms with Crippen LogP contribution in [0, 0.1) is 11.8 Å². The summed E-state index contributed by atoms with van der Waals surface area (Å²) >= 11 is 0. The number of amides is 1. The van der Waals surface area contributed by atoms with E-state index in [1.807, 2.05) is 0 Å². The minimum atomic E-state index is -0.332. The normalized spacial score (nSPS) is 28.3. The van der Waals surface area contributed by atoms with E-state index in [1.165, 1.54) is 12.8 Å². The molecule has 2 fully saturated rings. The molecule has 1 saturated carbocycles. The highest BCUT2D eigenvalue weighted by Gasteiger charge is 2.25. The molecule has 1 aliphatic heterocycles. The largest absolute Gasteiger partial charge is 0.391 e. The Hall–Kier alpha value is -0.650. The van der Waals surface area contributed by atoms with Gasteiger partial charge < -0.3 is 20.5 Å². The van der Waals surface area contributed by atoms with Gasteiger partial charge in [0.2, 0.25) is 5.91 Å². The Morgan fingerprint density at radius 3 is 2.88 bits per heavy atom. The van der Waals surface area contributed by atoms with Crippen LogP contribution in [0.15, 0.2) is 0 Å². The fourth-order valence-electron chi connectivity index (χ4n) is 1.96. The van der Waals surface area contributed by atoms with Crippen LogP contribution in [0.25, 0.3) is 0 Å². The molecule has 0 bridgehead atoms. The molecule has 2 unspecified atom stereocenters. The van der Waals surface area contributed by atoms with Crippen molar-refractivity contribution in [1.82, 2.24) is 10.6 Å². The van der Waals surface area contributed by atoms with E-state index in [2.05, 4.69) is 10.6 Å². The van der Waals surface area contributed by atoms with Crippen molar-refractivity contribution in [2.24, 2.45) is 11.8 Å². The van der Waals surface area contributed by atoms with Crippen molar-refractivity contribution >= 4 is 5.91 Å². The Morgan fingerprint density at radius 2 is 2.24 bits per heavy atom. The van der Waals surface area contributed by atoms with Crippen LogP contribution in [-0.2, 0) is 9.53 Å². The minimum Gasteiger partial charge on any atom is -0.391 e. The Morgan fingerprint density at radius 1 is 1.41 bits per heavy atom. The molecule has 1 amide bonds. The van der Waals surface area contributed by atoms with Gasteiger partial charge in [0.25, 0.3) is 0 Å². The molecule has 1 saturated heterocycles. The van der Waals surface area contributed by atoms with Crippen molar-refractivity contribution in [2.45, 2.75) is 25.4 Å². The number of aliphatic hydroxyl groups excluding tert-OH is 1. The molecule has 98 valence electrons. The topological polar surface area (TPSA) is 70.6 Å². The molecular weight excluding hydrogens is 220 g/mol. The van der Waals surface area contributed by atoms with Gasteiger partial charge in [-0.3, -0.25) is 4.79 Å². The number of hydrogen-bond acceptors (Lipinski definition) is 4. The third kappa shape index (κ3) is 4.61. The molecule has 5 nitrogen and oxygen atoms in total. The average Bonchev–Trinajstić information content (AvgIpc) is 3.05. The number of hydrogen-bond donors (Lipinski definition) is 3. The second-order valence-electron chi connectivity index (χ2n) is 5.06. The number of carbonyl (C=O) groups is 1. The van der Waals surface area contributed by atoms with E-state index in [-0.39, 0.29) is 17.9 Å². The summed E-state index contributed by atoms with van der Waals surface area (Å²) in [7, 11) is 0. The van der Waals surface area contributed by atoms with E-state index >= 15 is 0 Å². The van der Waals surface area contributed by atoms with Gasteiger partial charge in [-0.25, -0.2) is 0 Å². The maximum atomic E-state index is 11.5. The molecule has 0 aromatic heterocycles. The maximum absolute atomic E-state index is 11.5. The van der Waals surface area contributed by atoms with Gasteiger partial charge in [-0.15, -0.1) is 0 Å². The van der Waals surface area contributed by atoms with Gasteiger partial charge in [0.05, 0.1) is 12.7 Å². The molecular formula is C12H22N2O3. The second kappa shape index (κ2) is 6.33. The molecule has 2 rings (SSSR count). The third-order valence-electron chi connectivity index (χ3n) is 3.39. The SMILES string of the molecule is O=C(CCOCC1CC1)NCC1CNCC1O. The van der Waals surface area contributed by atoms with E-state index in [1.54, 1.807) is 0 Å². The number of ether oxygens (including phenoxy) is 1. The van der Waals surface area contributed by atoms with E-state index < -0.39 is 0 Å². The van der Waals surface area contributed by atoms with Crippen LogP contribution >= 0.6 is 0 Å². The van der Waals surface area contributed by atoms with Gasteiger partial charge in [0.1, 0.15) is 0 Å². The number of rotatable bonds is 7. The first kappa shape index (κ1) is 12.8. The fraction of sp³-hybridized carbons (Fsp3) is 0.917. The fourth-order valence-corrected chi connectivity index (χ4v) is 1.96. The van der Waals surface area contributed by atoms with Gasteiger partial charge in [-0.2, -0.15) is 0 Å². The van der Waals surface area contributed by atoms with Crippen molar-refractivity contribution in [3.05, 3.63) is 0 Å². The van der Waals surface area contributed by atoms with Gasteiger partial charge >= 0.3 is 0 Å². The predicted molar refractivity (Wildman–Crippen MR) is 63.5 cm³/mol. The molecule has 17 heavy (non-hydrogen) atoms. The van der Waals surface area contributed by atoms with Crippen molar-refractivity contribution in [1.29, 1.82) is 0 Å². The summed E-state index contributed by atoms with van der Waals surface area (Å²) in [6.45, 7) is 3.27. The first-order valence-corrected chi connectivity index (χ1v) is 6.49.